The van der Waals surface area contributed by atoms with Crippen LogP contribution in [0.25, 0.3) is 0 Å². The predicted molar refractivity (Wildman–Crippen MR) is 48.7 cm³/mol. The third-order valence-corrected chi connectivity index (χ3v) is 2.69. The molecule has 0 radical (unpaired) electrons. The van der Waals surface area contributed by atoms with Crippen LogP contribution in [0.1, 0.15) is 20.3 Å². The second-order valence-corrected chi connectivity index (χ2v) is 3.75. The molecule has 1 saturated heterocycles. The molecule has 4 N–H and O–H groups in total. The third kappa shape index (κ3) is 2.07. The summed E-state index contributed by atoms with van der Waals surface area (Å²) in [6, 6.07) is 0. The zero-order chi connectivity index (χ0) is 10.9. The maximum absolute atomic E-state index is 9.53. The quantitative estimate of drug-likeness (QED) is 0.447. The Balaban J connectivity index is 2.70. The molecule has 0 aromatic rings. The molecule has 14 heavy (non-hydrogen) atoms. The lowest BCUT2D eigenvalue weighted by Crippen LogP contribution is -2.59. The van der Waals surface area contributed by atoms with E-state index >= 15 is 0 Å². The summed E-state index contributed by atoms with van der Waals surface area (Å²) < 4.78 is 5.22. The number of ether oxygens (including phenoxy) is 1. The molecule has 0 aromatic carbocycles. The van der Waals surface area contributed by atoms with E-state index in [-0.39, 0.29) is 0 Å². The van der Waals surface area contributed by atoms with Gasteiger partial charge in [-0.25, -0.2) is 0 Å². The van der Waals surface area contributed by atoms with Crippen molar-refractivity contribution >= 4 is 0 Å². The van der Waals surface area contributed by atoms with Crippen molar-refractivity contribution in [1.82, 2.24) is 0 Å². The SMILES string of the molecule is CC[C@@H](O)[C@H]1OC(C)[C@@H](O)[C@@H](O)[C@@H]1O. The van der Waals surface area contributed by atoms with Gasteiger partial charge in [-0.15, -0.1) is 0 Å². The lowest BCUT2D eigenvalue weighted by molar-refractivity contribution is -0.238. The highest BCUT2D eigenvalue weighted by Crippen LogP contribution is 2.23. The molecule has 1 rings (SSSR count). The normalized spacial score (nSPS) is 46.3. The Kier molecular flexibility index (Phi) is 3.86. The highest BCUT2D eigenvalue weighted by molar-refractivity contribution is 4.93. The minimum absolute atomic E-state index is 0.428. The summed E-state index contributed by atoms with van der Waals surface area (Å²) in [5, 5.41) is 37.8. The fraction of sp³-hybridized carbons (Fsp3) is 1.00. The van der Waals surface area contributed by atoms with Crippen molar-refractivity contribution in [3.8, 4) is 0 Å². The summed E-state index contributed by atoms with van der Waals surface area (Å²) in [5.41, 5.74) is 0. The standard InChI is InChI=1S/C9H18O5/c1-3-5(10)9-8(13)7(12)6(11)4(2)14-9/h4-13H,3H2,1-2H3/t4?,5-,6-,7-,8+,9-/m1/s1. The zero-order valence-corrected chi connectivity index (χ0v) is 8.37. The molecule has 0 aromatic heterocycles. The lowest BCUT2D eigenvalue weighted by Gasteiger charge is -2.41. The van der Waals surface area contributed by atoms with Crippen LogP contribution in [0.4, 0.5) is 0 Å². The summed E-state index contributed by atoms with van der Waals surface area (Å²) in [5.74, 6) is 0. The second kappa shape index (κ2) is 4.55. The van der Waals surface area contributed by atoms with Gasteiger partial charge in [-0.3, -0.25) is 0 Å². The maximum Gasteiger partial charge on any atom is 0.112 e. The molecule has 1 fully saturated rings. The largest absolute Gasteiger partial charge is 0.390 e. The van der Waals surface area contributed by atoms with E-state index in [1.54, 1.807) is 13.8 Å². The van der Waals surface area contributed by atoms with E-state index in [0.29, 0.717) is 6.42 Å². The molecule has 0 bridgehead atoms. The molecule has 0 aliphatic carbocycles. The number of aliphatic hydroxyl groups excluding tert-OH is 4. The highest BCUT2D eigenvalue weighted by atomic mass is 16.5. The smallest absolute Gasteiger partial charge is 0.112 e. The van der Waals surface area contributed by atoms with Crippen molar-refractivity contribution in [1.29, 1.82) is 0 Å². The Morgan fingerprint density at radius 1 is 1.14 bits per heavy atom. The average molecular weight is 206 g/mol. The van der Waals surface area contributed by atoms with Crippen LogP contribution in [-0.4, -0.2) is 57.0 Å². The first-order valence-electron chi connectivity index (χ1n) is 4.86. The molecule has 0 saturated carbocycles. The fourth-order valence-electron chi connectivity index (χ4n) is 1.63. The Hall–Kier alpha value is -0.200. The first-order valence-corrected chi connectivity index (χ1v) is 4.86. The van der Waals surface area contributed by atoms with Crippen LogP contribution in [0.3, 0.4) is 0 Å². The van der Waals surface area contributed by atoms with Gasteiger partial charge in [0.2, 0.25) is 0 Å². The minimum Gasteiger partial charge on any atom is -0.390 e. The number of hydrogen-bond acceptors (Lipinski definition) is 5. The first-order chi connectivity index (χ1) is 6.49. The van der Waals surface area contributed by atoms with E-state index in [1.807, 2.05) is 0 Å². The van der Waals surface area contributed by atoms with Crippen molar-refractivity contribution in [3.63, 3.8) is 0 Å². The van der Waals surface area contributed by atoms with Gasteiger partial charge in [0.1, 0.15) is 24.4 Å². The Bertz CT molecular complexity index is 186. The van der Waals surface area contributed by atoms with Crippen LogP contribution in [0.15, 0.2) is 0 Å². The van der Waals surface area contributed by atoms with Gasteiger partial charge in [-0.05, 0) is 13.3 Å². The Morgan fingerprint density at radius 3 is 2.21 bits per heavy atom. The van der Waals surface area contributed by atoms with Gasteiger partial charge < -0.3 is 25.2 Å². The van der Waals surface area contributed by atoms with Crippen molar-refractivity contribution in [3.05, 3.63) is 0 Å². The number of aliphatic hydroxyl groups is 4. The van der Waals surface area contributed by atoms with E-state index in [4.69, 9.17) is 4.74 Å². The van der Waals surface area contributed by atoms with Gasteiger partial charge in [-0.2, -0.15) is 0 Å². The van der Waals surface area contributed by atoms with Gasteiger partial charge in [-0.1, -0.05) is 6.92 Å². The van der Waals surface area contributed by atoms with Gasteiger partial charge >= 0.3 is 0 Å². The van der Waals surface area contributed by atoms with Crippen LogP contribution in [0, 0.1) is 0 Å². The summed E-state index contributed by atoms with van der Waals surface area (Å²) in [7, 11) is 0. The molecule has 5 heteroatoms. The molecule has 0 spiro atoms. The molecule has 6 atom stereocenters. The number of rotatable bonds is 2. The summed E-state index contributed by atoms with van der Waals surface area (Å²) in [4.78, 5) is 0. The van der Waals surface area contributed by atoms with E-state index in [9.17, 15) is 20.4 Å². The highest BCUT2D eigenvalue weighted by Gasteiger charge is 2.43. The van der Waals surface area contributed by atoms with Crippen LogP contribution in [0.5, 0.6) is 0 Å². The minimum atomic E-state index is -1.26. The average Bonchev–Trinajstić information content (AvgIpc) is 2.19. The molecular formula is C9H18O5. The topological polar surface area (TPSA) is 90.2 Å². The fourth-order valence-corrected chi connectivity index (χ4v) is 1.63. The van der Waals surface area contributed by atoms with Crippen molar-refractivity contribution in [2.24, 2.45) is 0 Å². The first kappa shape index (κ1) is 11.9. The van der Waals surface area contributed by atoms with Gasteiger partial charge in [0.25, 0.3) is 0 Å². The van der Waals surface area contributed by atoms with Crippen molar-refractivity contribution in [2.75, 3.05) is 0 Å². The van der Waals surface area contributed by atoms with Gasteiger partial charge in [0.05, 0.1) is 12.2 Å². The van der Waals surface area contributed by atoms with Crippen LogP contribution < -0.4 is 0 Å². The molecule has 1 heterocycles. The monoisotopic (exact) mass is 206 g/mol. The van der Waals surface area contributed by atoms with E-state index in [0.717, 1.165) is 0 Å². The van der Waals surface area contributed by atoms with Gasteiger partial charge in [0.15, 0.2) is 0 Å². The Morgan fingerprint density at radius 2 is 1.71 bits per heavy atom. The van der Waals surface area contributed by atoms with Crippen LogP contribution >= 0.6 is 0 Å². The van der Waals surface area contributed by atoms with E-state index in [1.165, 1.54) is 0 Å². The lowest BCUT2D eigenvalue weighted by atomic mass is 9.92. The maximum atomic E-state index is 9.53. The molecule has 1 unspecified atom stereocenters. The zero-order valence-electron chi connectivity index (χ0n) is 8.37. The van der Waals surface area contributed by atoms with E-state index in [2.05, 4.69) is 0 Å². The molecule has 1 aliphatic heterocycles. The summed E-state index contributed by atoms with van der Waals surface area (Å²) >= 11 is 0. The molecular weight excluding hydrogens is 188 g/mol. The second-order valence-electron chi connectivity index (χ2n) is 3.75. The van der Waals surface area contributed by atoms with Crippen molar-refractivity contribution in [2.45, 2.75) is 56.9 Å². The van der Waals surface area contributed by atoms with Crippen molar-refractivity contribution < 1.29 is 25.2 Å². The predicted octanol–water partition coefficient (Wildman–Crippen LogP) is -1.37. The van der Waals surface area contributed by atoms with Crippen LogP contribution in [0.2, 0.25) is 0 Å². The molecule has 84 valence electrons. The third-order valence-electron chi connectivity index (χ3n) is 2.69. The molecule has 0 amide bonds. The summed E-state index contributed by atoms with van der Waals surface area (Å²) in [6.45, 7) is 3.35. The van der Waals surface area contributed by atoms with Crippen LogP contribution in [-0.2, 0) is 4.74 Å². The number of hydrogen-bond donors (Lipinski definition) is 4. The molecule has 5 nitrogen and oxygen atoms in total. The molecule has 1 aliphatic rings. The van der Waals surface area contributed by atoms with Gasteiger partial charge in [0, 0.05) is 0 Å². The van der Waals surface area contributed by atoms with E-state index < -0.39 is 36.6 Å². The Labute approximate surface area is 82.9 Å². The summed E-state index contributed by atoms with van der Waals surface area (Å²) in [6.07, 6.45) is -5.41.